The van der Waals surface area contributed by atoms with Crippen molar-refractivity contribution >= 4 is 33.4 Å². The smallest absolute Gasteiger partial charge is 0.0633 e. The summed E-state index contributed by atoms with van der Waals surface area (Å²) in [6, 6.07) is 7.65. The molecule has 0 bridgehead atoms. The first kappa shape index (κ1) is 6.90. The van der Waals surface area contributed by atoms with Crippen molar-refractivity contribution in [3.05, 3.63) is 28.7 Å². The molecule has 0 aromatic heterocycles. The molecule has 1 rings (SSSR count). The van der Waals surface area contributed by atoms with Crippen molar-refractivity contribution < 1.29 is 0 Å². The van der Waals surface area contributed by atoms with Crippen molar-refractivity contribution in [2.24, 2.45) is 0 Å². The molecule has 0 spiro atoms. The fraction of sp³-hybridized carbons (Fsp3) is 0. The van der Waals surface area contributed by atoms with Gasteiger partial charge in [0.2, 0.25) is 0 Å². The van der Waals surface area contributed by atoms with Crippen molar-refractivity contribution in [3.63, 3.8) is 0 Å². The third-order valence-electron chi connectivity index (χ3n) is 0.976. The summed E-state index contributed by atoms with van der Waals surface area (Å²) in [7, 11) is 0. The van der Waals surface area contributed by atoms with Gasteiger partial charge in [0, 0.05) is 16.2 Å². The van der Waals surface area contributed by atoms with Gasteiger partial charge in [0.15, 0.2) is 0 Å². The van der Waals surface area contributed by atoms with E-state index in [1.54, 1.807) is 0 Å². The molecule has 1 aromatic carbocycles. The molecule has 0 radical (unpaired) electrons. The quantitative estimate of drug-likeness (QED) is 0.697. The van der Waals surface area contributed by atoms with Gasteiger partial charge in [0.05, 0.1) is 5.69 Å². The lowest BCUT2D eigenvalue weighted by atomic mass is 10.3. The zero-order valence-electron chi connectivity index (χ0n) is 4.57. The van der Waals surface area contributed by atoms with Gasteiger partial charge in [0.1, 0.15) is 0 Å². The molecular formula is C6H5BrClN. The second kappa shape index (κ2) is 3.08. The van der Waals surface area contributed by atoms with Crippen LogP contribution in [0.15, 0.2) is 28.7 Å². The Morgan fingerprint density at radius 3 is 2.44 bits per heavy atom. The third-order valence-corrected chi connectivity index (χ3v) is 1.87. The Bertz CT molecular complexity index is 202. The van der Waals surface area contributed by atoms with Crippen LogP contribution in [-0.4, -0.2) is 0 Å². The second-order valence-corrected chi connectivity index (χ2v) is 2.62. The van der Waals surface area contributed by atoms with Crippen LogP contribution in [0.4, 0.5) is 5.69 Å². The van der Waals surface area contributed by atoms with E-state index in [9.17, 15) is 0 Å². The van der Waals surface area contributed by atoms with Crippen LogP contribution < -0.4 is 4.84 Å². The molecule has 48 valence electrons. The van der Waals surface area contributed by atoms with Gasteiger partial charge < -0.3 is 0 Å². The highest BCUT2D eigenvalue weighted by atomic mass is 79.9. The lowest BCUT2D eigenvalue weighted by Crippen LogP contribution is -1.78. The number of hydrogen-bond donors (Lipinski definition) is 1. The van der Waals surface area contributed by atoms with Crippen LogP contribution in [0.5, 0.6) is 0 Å². The molecule has 0 aliphatic carbocycles. The summed E-state index contributed by atoms with van der Waals surface area (Å²) in [5, 5.41) is 0. The van der Waals surface area contributed by atoms with Crippen molar-refractivity contribution in [3.8, 4) is 0 Å². The number of anilines is 1. The molecule has 1 N–H and O–H groups in total. The number of rotatable bonds is 1. The maximum absolute atomic E-state index is 5.35. The van der Waals surface area contributed by atoms with E-state index in [-0.39, 0.29) is 0 Å². The van der Waals surface area contributed by atoms with E-state index < -0.39 is 0 Å². The number of hydrogen-bond acceptors (Lipinski definition) is 1. The van der Waals surface area contributed by atoms with Gasteiger partial charge in [-0.15, -0.1) is 0 Å². The Hall–Kier alpha value is -0.210. The molecular weight excluding hydrogens is 201 g/mol. The molecule has 0 atom stereocenters. The minimum Gasteiger partial charge on any atom is -0.297 e. The first-order valence-corrected chi connectivity index (χ1v) is 3.63. The molecule has 0 saturated carbocycles. The Labute approximate surface area is 67.3 Å². The molecule has 0 fully saturated rings. The normalized spacial score (nSPS) is 9.11. The molecule has 0 amide bonds. The van der Waals surface area contributed by atoms with E-state index in [0.29, 0.717) is 0 Å². The molecule has 1 aromatic rings. The molecule has 0 aliphatic rings. The van der Waals surface area contributed by atoms with Crippen molar-refractivity contribution in [2.75, 3.05) is 4.84 Å². The van der Waals surface area contributed by atoms with E-state index in [2.05, 4.69) is 20.8 Å². The van der Waals surface area contributed by atoms with Gasteiger partial charge >= 0.3 is 0 Å². The van der Waals surface area contributed by atoms with Crippen molar-refractivity contribution in [1.29, 1.82) is 0 Å². The van der Waals surface area contributed by atoms with E-state index in [1.807, 2.05) is 24.3 Å². The molecule has 0 unspecified atom stereocenters. The SMILES string of the molecule is ClNc1ccccc1Br. The second-order valence-electron chi connectivity index (χ2n) is 1.57. The van der Waals surface area contributed by atoms with Crippen molar-refractivity contribution in [1.82, 2.24) is 0 Å². The van der Waals surface area contributed by atoms with Crippen LogP contribution in [0.25, 0.3) is 0 Å². The average Bonchev–Trinajstić information content (AvgIpc) is 1.89. The largest absolute Gasteiger partial charge is 0.297 e. The van der Waals surface area contributed by atoms with Crippen LogP contribution in [0.2, 0.25) is 0 Å². The number of halogens is 2. The molecule has 9 heavy (non-hydrogen) atoms. The first-order chi connectivity index (χ1) is 4.34. The molecule has 3 heteroatoms. The predicted molar refractivity (Wildman–Crippen MR) is 43.6 cm³/mol. The minimum atomic E-state index is 0.888. The lowest BCUT2D eigenvalue weighted by Gasteiger charge is -1.97. The highest BCUT2D eigenvalue weighted by molar-refractivity contribution is 9.10. The van der Waals surface area contributed by atoms with Crippen molar-refractivity contribution in [2.45, 2.75) is 0 Å². The number of benzene rings is 1. The van der Waals surface area contributed by atoms with Crippen LogP contribution in [0.1, 0.15) is 0 Å². The highest BCUT2D eigenvalue weighted by Crippen LogP contribution is 2.21. The summed E-state index contributed by atoms with van der Waals surface area (Å²) in [5.41, 5.74) is 0.888. The Morgan fingerprint density at radius 2 is 2.00 bits per heavy atom. The first-order valence-electron chi connectivity index (χ1n) is 2.46. The summed E-state index contributed by atoms with van der Waals surface area (Å²) in [6.07, 6.45) is 0. The predicted octanol–water partition coefficient (Wildman–Crippen LogP) is 3.01. The summed E-state index contributed by atoms with van der Waals surface area (Å²) in [6.45, 7) is 0. The van der Waals surface area contributed by atoms with E-state index in [1.165, 1.54) is 0 Å². The standard InChI is InChI=1S/C6H5BrClN/c7-5-3-1-2-4-6(5)9-8/h1-4,9H. The van der Waals surface area contributed by atoms with Gasteiger partial charge in [-0.05, 0) is 28.1 Å². The summed E-state index contributed by atoms with van der Waals surface area (Å²) >= 11 is 8.66. The van der Waals surface area contributed by atoms with Crippen LogP contribution in [0.3, 0.4) is 0 Å². The topological polar surface area (TPSA) is 12.0 Å². The third kappa shape index (κ3) is 1.60. The Kier molecular flexibility index (Phi) is 2.37. The summed E-state index contributed by atoms with van der Waals surface area (Å²) in [5.74, 6) is 0. The maximum atomic E-state index is 5.35. The number of nitrogens with one attached hydrogen (secondary N) is 1. The number of para-hydroxylation sites is 1. The fourth-order valence-corrected chi connectivity index (χ4v) is 1.20. The van der Waals surface area contributed by atoms with E-state index in [0.717, 1.165) is 10.2 Å². The molecule has 0 aliphatic heterocycles. The van der Waals surface area contributed by atoms with E-state index >= 15 is 0 Å². The van der Waals surface area contributed by atoms with Crippen LogP contribution >= 0.6 is 27.7 Å². The molecule has 0 heterocycles. The fourth-order valence-electron chi connectivity index (χ4n) is 0.538. The maximum Gasteiger partial charge on any atom is 0.0633 e. The summed E-state index contributed by atoms with van der Waals surface area (Å²) < 4.78 is 0.972. The van der Waals surface area contributed by atoms with E-state index in [4.69, 9.17) is 11.8 Å². The Morgan fingerprint density at radius 1 is 1.33 bits per heavy atom. The summed E-state index contributed by atoms with van der Waals surface area (Å²) in [4.78, 5) is 2.52. The van der Waals surface area contributed by atoms with Gasteiger partial charge in [-0.25, -0.2) is 0 Å². The van der Waals surface area contributed by atoms with Gasteiger partial charge in [-0.3, -0.25) is 4.84 Å². The van der Waals surface area contributed by atoms with Gasteiger partial charge in [0.25, 0.3) is 0 Å². The Balaban J connectivity index is 3.01. The zero-order valence-corrected chi connectivity index (χ0v) is 6.91. The van der Waals surface area contributed by atoms with Gasteiger partial charge in [-0.2, -0.15) is 0 Å². The van der Waals surface area contributed by atoms with Crippen LogP contribution in [-0.2, 0) is 0 Å². The molecule has 1 nitrogen and oxygen atoms in total. The average molecular weight is 206 g/mol. The van der Waals surface area contributed by atoms with Crippen LogP contribution in [0, 0.1) is 0 Å². The monoisotopic (exact) mass is 205 g/mol. The van der Waals surface area contributed by atoms with Gasteiger partial charge in [-0.1, -0.05) is 12.1 Å². The lowest BCUT2D eigenvalue weighted by molar-refractivity contribution is 1.63. The highest BCUT2D eigenvalue weighted by Gasteiger charge is 1.91. The minimum absolute atomic E-state index is 0.888. The zero-order chi connectivity index (χ0) is 6.69. The molecule has 0 saturated heterocycles.